The fourth-order valence-corrected chi connectivity index (χ4v) is 3.02. The van der Waals surface area contributed by atoms with Gasteiger partial charge in [0.15, 0.2) is 5.58 Å². The van der Waals surface area contributed by atoms with Crippen LogP contribution in [0.1, 0.15) is 0 Å². The second kappa shape index (κ2) is 4.86. The number of halogens is 2. The van der Waals surface area contributed by atoms with Crippen molar-refractivity contribution < 1.29 is 4.42 Å². The number of nitrogens with zero attached hydrogens (tertiary/aromatic N) is 1. The molecule has 0 aliphatic rings. The zero-order chi connectivity index (χ0) is 14.4. The van der Waals surface area contributed by atoms with Gasteiger partial charge in [0.1, 0.15) is 11.1 Å². The van der Waals surface area contributed by atoms with E-state index in [1.165, 1.54) is 0 Å². The van der Waals surface area contributed by atoms with E-state index < -0.39 is 0 Å². The van der Waals surface area contributed by atoms with E-state index in [0.29, 0.717) is 10.6 Å². The van der Waals surface area contributed by atoms with Crippen molar-refractivity contribution >= 4 is 49.6 Å². The Morgan fingerprint density at radius 2 is 1.81 bits per heavy atom. The van der Waals surface area contributed by atoms with Gasteiger partial charge in [-0.05, 0) is 24.3 Å². The Hall–Kier alpha value is -1.84. The predicted octanol–water partition coefficient (Wildman–Crippen LogP) is 6.06. The molecule has 0 atom stereocenters. The molecular weight excluding hydrogens is 350 g/mol. The molecule has 102 valence electrons. The Bertz CT molecular complexity index is 963. The number of aromatic nitrogens is 1. The highest BCUT2D eigenvalue weighted by Gasteiger charge is 2.14. The lowest BCUT2D eigenvalue weighted by atomic mass is 10.1. The van der Waals surface area contributed by atoms with Crippen molar-refractivity contribution in [2.45, 2.75) is 0 Å². The van der Waals surface area contributed by atoms with Crippen molar-refractivity contribution in [3.8, 4) is 11.3 Å². The molecule has 0 saturated carbocycles. The quantitative estimate of drug-likeness (QED) is 0.413. The van der Waals surface area contributed by atoms with Gasteiger partial charge in [0.2, 0.25) is 0 Å². The summed E-state index contributed by atoms with van der Waals surface area (Å²) in [6.45, 7) is 0. The summed E-state index contributed by atoms with van der Waals surface area (Å²) in [6, 6.07) is 17.7. The first-order valence-electron chi connectivity index (χ1n) is 6.46. The van der Waals surface area contributed by atoms with E-state index in [4.69, 9.17) is 21.0 Å². The van der Waals surface area contributed by atoms with Crippen LogP contribution >= 0.6 is 27.5 Å². The summed E-state index contributed by atoms with van der Waals surface area (Å²) in [5, 5.41) is 1.53. The number of hydrogen-bond donors (Lipinski definition) is 0. The monoisotopic (exact) mass is 357 g/mol. The number of benzene rings is 2. The third kappa shape index (κ3) is 2.13. The number of hydrogen-bond acceptors (Lipinski definition) is 2. The molecule has 0 aliphatic carbocycles. The lowest BCUT2D eigenvalue weighted by Gasteiger charge is -2.02. The van der Waals surface area contributed by atoms with Crippen LogP contribution < -0.4 is 0 Å². The minimum atomic E-state index is 0.575. The van der Waals surface area contributed by atoms with Gasteiger partial charge in [-0.1, -0.05) is 57.9 Å². The summed E-state index contributed by atoms with van der Waals surface area (Å²) in [4.78, 5) is 4.74. The standard InChI is InChI=1S/C17H9BrClNO/c18-11-6-7-15-12(8-11)16-17(21-15)13(19)9-14(20-16)10-4-2-1-3-5-10/h1-9H. The zero-order valence-corrected chi connectivity index (χ0v) is 13.1. The van der Waals surface area contributed by atoms with E-state index in [1.54, 1.807) is 0 Å². The number of fused-ring (bicyclic) bond motifs is 3. The third-order valence-corrected chi connectivity index (χ3v) is 4.18. The summed E-state index contributed by atoms with van der Waals surface area (Å²) in [6.07, 6.45) is 0. The summed E-state index contributed by atoms with van der Waals surface area (Å²) < 4.78 is 6.80. The van der Waals surface area contributed by atoms with E-state index in [0.717, 1.165) is 32.2 Å². The van der Waals surface area contributed by atoms with Gasteiger partial charge in [0, 0.05) is 15.4 Å². The molecule has 21 heavy (non-hydrogen) atoms. The van der Waals surface area contributed by atoms with E-state index in [-0.39, 0.29) is 0 Å². The molecule has 2 aromatic carbocycles. The Labute approximate surface area is 134 Å². The van der Waals surface area contributed by atoms with Gasteiger partial charge in [-0.15, -0.1) is 0 Å². The maximum atomic E-state index is 6.38. The van der Waals surface area contributed by atoms with Crippen LogP contribution in [0, 0.1) is 0 Å². The maximum absolute atomic E-state index is 6.38. The Morgan fingerprint density at radius 1 is 1.00 bits per heavy atom. The van der Waals surface area contributed by atoms with Gasteiger partial charge in [0.05, 0.1) is 10.7 Å². The minimum Gasteiger partial charge on any atom is -0.453 e. The van der Waals surface area contributed by atoms with E-state index >= 15 is 0 Å². The summed E-state index contributed by atoms with van der Waals surface area (Å²) in [5.41, 5.74) is 4.08. The normalized spacial score (nSPS) is 11.3. The predicted molar refractivity (Wildman–Crippen MR) is 89.7 cm³/mol. The molecule has 0 aliphatic heterocycles. The molecule has 2 heterocycles. The average molecular weight is 359 g/mol. The van der Waals surface area contributed by atoms with Crippen LogP contribution in [0.5, 0.6) is 0 Å². The molecule has 4 aromatic rings. The molecule has 0 unspecified atom stereocenters. The van der Waals surface area contributed by atoms with E-state index in [2.05, 4.69) is 15.9 Å². The number of pyridine rings is 1. The largest absolute Gasteiger partial charge is 0.453 e. The van der Waals surface area contributed by atoms with E-state index in [9.17, 15) is 0 Å². The van der Waals surface area contributed by atoms with Crippen LogP contribution in [0.4, 0.5) is 0 Å². The molecule has 0 bridgehead atoms. The molecule has 0 amide bonds. The Morgan fingerprint density at radius 3 is 2.62 bits per heavy atom. The fraction of sp³-hybridized carbons (Fsp3) is 0. The van der Waals surface area contributed by atoms with Crippen LogP contribution in [0.3, 0.4) is 0 Å². The fourth-order valence-electron chi connectivity index (χ4n) is 2.42. The Kier molecular flexibility index (Phi) is 2.98. The van der Waals surface area contributed by atoms with Gasteiger partial charge < -0.3 is 4.42 Å². The highest BCUT2D eigenvalue weighted by Crippen LogP contribution is 2.35. The maximum Gasteiger partial charge on any atom is 0.172 e. The molecule has 2 aromatic heterocycles. The lowest BCUT2D eigenvalue weighted by molar-refractivity contribution is 0.668. The third-order valence-electron chi connectivity index (χ3n) is 3.41. The van der Waals surface area contributed by atoms with Crippen molar-refractivity contribution in [1.29, 1.82) is 0 Å². The van der Waals surface area contributed by atoms with Gasteiger partial charge in [-0.25, -0.2) is 4.98 Å². The zero-order valence-electron chi connectivity index (χ0n) is 10.8. The van der Waals surface area contributed by atoms with Crippen molar-refractivity contribution in [2.75, 3.05) is 0 Å². The van der Waals surface area contributed by atoms with Crippen molar-refractivity contribution in [3.63, 3.8) is 0 Å². The average Bonchev–Trinajstić information content (AvgIpc) is 2.87. The molecule has 2 nitrogen and oxygen atoms in total. The lowest BCUT2D eigenvalue weighted by Crippen LogP contribution is -1.84. The molecule has 0 N–H and O–H groups in total. The smallest absolute Gasteiger partial charge is 0.172 e. The SMILES string of the molecule is Clc1cc(-c2ccccc2)nc2c1oc1ccc(Br)cc12. The molecule has 4 heteroatoms. The summed E-state index contributed by atoms with van der Waals surface area (Å²) in [5.74, 6) is 0. The van der Waals surface area contributed by atoms with Gasteiger partial charge in [-0.3, -0.25) is 0 Å². The van der Waals surface area contributed by atoms with Crippen molar-refractivity contribution in [2.24, 2.45) is 0 Å². The van der Waals surface area contributed by atoms with Crippen LogP contribution in [0.2, 0.25) is 5.02 Å². The molecule has 0 fully saturated rings. The second-order valence-corrected chi connectivity index (χ2v) is 6.10. The minimum absolute atomic E-state index is 0.575. The van der Waals surface area contributed by atoms with Gasteiger partial charge >= 0.3 is 0 Å². The second-order valence-electron chi connectivity index (χ2n) is 4.78. The molecule has 0 radical (unpaired) electrons. The highest BCUT2D eigenvalue weighted by molar-refractivity contribution is 9.10. The van der Waals surface area contributed by atoms with Crippen molar-refractivity contribution in [1.82, 2.24) is 4.98 Å². The van der Waals surface area contributed by atoms with Crippen LogP contribution in [-0.4, -0.2) is 4.98 Å². The van der Waals surface area contributed by atoms with E-state index in [1.807, 2.05) is 54.6 Å². The first-order valence-corrected chi connectivity index (χ1v) is 7.63. The topological polar surface area (TPSA) is 26.0 Å². The van der Waals surface area contributed by atoms with Gasteiger partial charge in [0.25, 0.3) is 0 Å². The molecule has 0 spiro atoms. The first-order chi connectivity index (χ1) is 10.2. The first kappa shape index (κ1) is 12.9. The summed E-state index contributed by atoms with van der Waals surface area (Å²) in [7, 11) is 0. The van der Waals surface area contributed by atoms with Crippen LogP contribution in [0.15, 0.2) is 63.5 Å². The number of furan rings is 1. The number of rotatable bonds is 1. The Balaban J connectivity index is 2.08. The van der Waals surface area contributed by atoms with Crippen molar-refractivity contribution in [3.05, 3.63) is 64.1 Å². The highest BCUT2D eigenvalue weighted by atomic mass is 79.9. The van der Waals surface area contributed by atoms with Crippen LogP contribution in [0.25, 0.3) is 33.3 Å². The van der Waals surface area contributed by atoms with Crippen LogP contribution in [-0.2, 0) is 0 Å². The molecule has 0 saturated heterocycles. The summed E-state index contributed by atoms with van der Waals surface area (Å²) >= 11 is 9.86. The van der Waals surface area contributed by atoms with Gasteiger partial charge in [-0.2, -0.15) is 0 Å². The molecule has 4 rings (SSSR count). The molecular formula is C17H9BrClNO.